The third-order valence-corrected chi connectivity index (χ3v) is 5.16. The van der Waals surface area contributed by atoms with Gasteiger partial charge in [-0.3, -0.25) is 14.9 Å². The van der Waals surface area contributed by atoms with Crippen LogP contribution < -0.4 is 10.1 Å². The average Bonchev–Trinajstić information content (AvgIpc) is 3.12. The molecule has 0 atom stereocenters. The van der Waals surface area contributed by atoms with Crippen molar-refractivity contribution < 1.29 is 14.5 Å². The lowest BCUT2D eigenvalue weighted by molar-refractivity contribution is -0.385. The Morgan fingerprint density at radius 2 is 1.88 bits per heavy atom. The van der Waals surface area contributed by atoms with Crippen LogP contribution in [0.1, 0.15) is 27.2 Å². The third kappa shape index (κ3) is 3.76. The monoisotopic (exact) mass is 431 g/mol. The van der Waals surface area contributed by atoms with Gasteiger partial charge in [-0.2, -0.15) is 9.78 Å². The van der Waals surface area contributed by atoms with Gasteiger partial charge in [0.25, 0.3) is 11.6 Å². The first kappa shape index (κ1) is 21.0. The van der Waals surface area contributed by atoms with Crippen LogP contribution in [0.5, 0.6) is 5.75 Å². The number of aromatic nitrogens is 3. The lowest BCUT2D eigenvalue weighted by Crippen LogP contribution is -2.16. The standard InChI is InChI=1S/C23H21N5O4/c1-13-11-20(24-22-17(13)6-5-7-19(22)32-4)27-21(12-15(3)26-27)25-23(29)16-8-9-18(28(30)31)14(2)10-16/h5-12H,1-4H3,(H,25,29). The number of amides is 1. The summed E-state index contributed by atoms with van der Waals surface area (Å²) in [5, 5.41) is 19.3. The van der Waals surface area contributed by atoms with Crippen LogP contribution in [0.4, 0.5) is 11.5 Å². The number of benzene rings is 2. The first-order valence-electron chi connectivity index (χ1n) is 9.86. The van der Waals surface area contributed by atoms with Gasteiger partial charge in [0, 0.05) is 28.6 Å². The molecule has 0 fully saturated rings. The Hall–Kier alpha value is -4.27. The van der Waals surface area contributed by atoms with Gasteiger partial charge < -0.3 is 10.1 Å². The SMILES string of the molecule is COc1cccc2c(C)cc(-n3nc(C)cc3NC(=O)c3ccc([N+](=O)[O-])c(C)c3)nc12. The van der Waals surface area contributed by atoms with Gasteiger partial charge in [0.1, 0.15) is 17.1 Å². The van der Waals surface area contributed by atoms with E-state index in [1.807, 2.05) is 38.1 Å². The fourth-order valence-electron chi connectivity index (χ4n) is 3.60. The summed E-state index contributed by atoms with van der Waals surface area (Å²) in [5.41, 5.74) is 3.06. The van der Waals surface area contributed by atoms with Crippen molar-refractivity contribution in [3.05, 3.63) is 81.0 Å². The molecule has 9 heteroatoms. The Morgan fingerprint density at radius 1 is 1.09 bits per heavy atom. The van der Waals surface area contributed by atoms with Gasteiger partial charge in [-0.15, -0.1) is 0 Å². The number of nitro benzene ring substituents is 1. The topological polar surface area (TPSA) is 112 Å². The van der Waals surface area contributed by atoms with Gasteiger partial charge in [0.05, 0.1) is 17.7 Å². The zero-order chi connectivity index (χ0) is 23.0. The van der Waals surface area contributed by atoms with E-state index in [0.717, 1.165) is 10.9 Å². The van der Waals surface area contributed by atoms with E-state index in [1.165, 1.54) is 18.2 Å². The molecule has 0 unspecified atom stereocenters. The Bertz CT molecular complexity index is 1380. The van der Waals surface area contributed by atoms with Crippen molar-refractivity contribution >= 4 is 28.3 Å². The summed E-state index contributed by atoms with van der Waals surface area (Å²) >= 11 is 0. The molecule has 4 rings (SSSR count). The van der Waals surface area contributed by atoms with E-state index < -0.39 is 10.8 Å². The smallest absolute Gasteiger partial charge is 0.272 e. The maximum Gasteiger partial charge on any atom is 0.272 e. The minimum atomic E-state index is -0.475. The molecule has 2 aromatic carbocycles. The van der Waals surface area contributed by atoms with E-state index in [4.69, 9.17) is 9.72 Å². The molecule has 4 aromatic rings. The number of rotatable bonds is 5. The number of nitrogens with one attached hydrogen (secondary N) is 1. The zero-order valence-corrected chi connectivity index (χ0v) is 18.0. The van der Waals surface area contributed by atoms with Gasteiger partial charge >= 0.3 is 0 Å². The van der Waals surface area contributed by atoms with E-state index in [9.17, 15) is 14.9 Å². The molecule has 0 saturated carbocycles. The lowest BCUT2D eigenvalue weighted by Gasteiger charge is -2.12. The molecule has 0 aliphatic heterocycles. The quantitative estimate of drug-likeness (QED) is 0.367. The van der Waals surface area contributed by atoms with Gasteiger partial charge in [0.2, 0.25) is 0 Å². The fourth-order valence-corrected chi connectivity index (χ4v) is 3.60. The van der Waals surface area contributed by atoms with Crippen LogP contribution in [0.2, 0.25) is 0 Å². The van der Waals surface area contributed by atoms with Crippen molar-refractivity contribution in [3.8, 4) is 11.6 Å². The van der Waals surface area contributed by atoms with Gasteiger partial charge in [-0.05, 0) is 50.6 Å². The molecule has 32 heavy (non-hydrogen) atoms. The number of pyridine rings is 1. The molecular weight excluding hydrogens is 410 g/mol. The number of ether oxygens (including phenoxy) is 1. The van der Waals surface area contributed by atoms with Crippen LogP contribution in [0.25, 0.3) is 16.7 Å². The normalized spacial score (nSPS) is 10.9. The predicted octanol–water partition coefficient (Wildman–Crippen LogP) is 4.51. The van der Waals surface area contributed by atoms with Crippen molar-refractivity contribution in [3.63, 3.8) is 0 Å². The summed E-state index contributed by atoms with van der Waals surface area (Å²) in [6.45, 7) is 5.39. The second-order valence-electron chi connectivity index (χ2n) is 7.45. The van der Waals surface area contributed by atoms with Crippen LogP contribution in [-0.2, 0) is 0 Å². The third-order valence-electron chi connectivity index (χ3n) is 5.16. The number of aryl methyl sites for hydroxylation is 3. The highest BCUT2D eigenvalue weighted by molar-refractivity contribution is 6.04. The molecule has 0 aliphatic rings. The molecule has 1 amide bonds. The summed E-state index contributed by atoms with van der Waals surface area (Å²) in [4.78, 5) is 28.2. The number of carbonyl (C=O) groups excluding carboxylic acids is 1. The summed E-state index contributed by atoms with van der Waals surface area (Å²) in [6, 6.07) is 13.6. The molecule has 2 aromatic heterocycles. The molecule has 0 aliphatic carbocycles. The van der Waals surface area contributed by atoms with Crippen molar-refractivity contribution in [2.24, 2.45) is 0 Å². The van der Waals surface area contributed by atoms with Gasteiger partial charge in [0.15, 0.2) is 5.82 Å². The second kappa shape index (κ2) is 8.10. The highest BCUT2D eigenvalue weighted by Crippen LogP contribution is 2.29. The van der Waals surface area contributed by atoms with Crippen LogP contribution in [0.15, 0.2) is 48.5 Å². The van der Waals surface area contributed by atoms with Gasteiger partial charge in [-0.1, -0.05) is 12.1 Å². The van der Waals surface area contributed by atoms with E-state index in [1.54, 1.807) is 24.8 Å². The summed E-state index contributed by atoms with van der Waals surface area (Å²) in [7, 11) is 1.59. The number of carbonyl (C=O) groups is 1. The highest BCUT2D eigenvalue weighted by Gasteiger charge is 2.18. The Morgan fingerprint density at radius 3 is 2.56 bits per heavy atom. The number of hydrogen-bond acceptors (Lipinski definition) is 6. The van der Waals surface area contributed by atoms with Crippen LogP contribution in [-0.4, -0.2) is 32.7 Å². The number of fused-ring (bicyclic) bond motifs is 1. The van der Waals surface area contributed by atoms with Crippen LogP contribution in [0, 0.1) is 30.9 Å². The molecule has 0 bridgehead atoms. The molecule has 0 saturated heterocycles. The van der Waals surface area contributed by atoms with Crippen molar-refractivity contribution in [2.75, 3.05) is 12.4 Å². The first-order valence-corrected chi connectivity index (χ1v) is 9.86. The molecule has 0 spiro atoms. The van der Waals surface area contributed by atoms with Gasteiger partial charge in [-0.25, -0.2) is 4.98 Å². The molecule has 0 radical (unpaired) electrons. The molecule has 162 valence electrons. The Balaban J connectivity index is 1.73. The van der Waals surface area contributed by atoms with Crippen LogP contribution >= 0.6 is 0 Å². The Kier molecular flexibility index (Phi) is 5.31. The summed E-state index contributed by atoms with van der Waals surface area (Å²) in [6.07, 6.45) is 0. The van der Waals surface area contributed by atoms with Crippen molar-refractivity contribution in [2.45, 2.75) is 20.8 Å². The Labute approximate surface area is 183 Å². The number of nitro groups is 1. The average molecular weight is 431 g/mol. The summed E-state index contributed by atoms with van der Waals surface area (Å²) < 4.78 is 7.02. The van der Waals surface area contributed by atoms with Crippen LogP contribution in [0.3, 0.4) is 0 Å². The summed E-state index contributed by atoms with van der Waals surface area (Å²) in [5.74, 6) is 1.20. The maximum atomic E-state index is 12.9. The maximum absolute atomic E-state index is 12.9. The van der Waals surface area contributed by atoms with E-state index in [0.29, 0.717) is 39.7 Å². The highest BCUT2D eigenvalue weighted by atomic mass is 16.6. The zero-order valence-electron chi connectivity index (χ0n) is 18.0. The van der Waals surface area contributed by atoms with Crippen molar-refractivity contribution in [1.29, 1.82) is 0 Å². The number of para-hydroxylation sites is 1. The van der Waals surface area contributed by atoms with Crippen molar-refractivity contribution in [1.82, 2.24) is 14.8 Å². The number of methoxy groups -OCH3 is 1. The molecular formula is C23H21N5O4. The minimum Gasteiger partial charge on any atom is -0.494 e. The number of hydrogen-bond donors (Lipinski definition) is 1. The molecule has 9 nitrogen and oxygen atoms in total. The fraction of sp³-hybridized carbons (Fsp3) is 0.174. The lowest BCUT2D eigenvalue weighted by atomic mass is 10.1. The number of anilines is 1. The largest absolute Gasteiger partial charge is 0.494 e. The molecule has 1 N–H and O–H groups in total. The minimum absolute atomic E-state index is 0.0350. The van der Waals surface area contributed by atoms with E-state index >= 15 is 0 Å². The van der Waals surface area contributed by atoms with E-state index in [-0.39, 0.29) is 5.69 Å². The second-order valence-corrected chi connectivity index (χ2v) is 7.45. The number of nitrogens with zero attached hydrogens (tertiary/aromatic N) is 4. The first-order chi connectivity index (χ1) is 15.3. The predicted molar refractivity (Wildman–Crippen MR) is 121 cm³/mol. The molecule has 2 heterocycles. The van der Waals surface area contributed by atoms with E-state index in [2.05, 4.69) is 10.4 Å².